The van der Waals surface area contributed by atoms with Crippen LogP contribution in [0.15, 0.2) is 22.7 Å². The maximum Gasteiger partial charge on any atom is 0.177 e. The van der Waals surface area contributed by atoms with Gasteiger partial charge in [0, 0.05) is 22.7 Å². The second kappa shape index (κ2) is 5.02. The first-order valence-corrected chi connectivity index (χ1v) is 8.21. The molecule has 2 aromatic rings. The Morgan fingerprint density at radius 3 is 2.77 bits per heavy atom. The van der Waals surface area contributed by atoms with Crippen LogP contribution in [0.25, 0.3) is 11.0 Å². The lowest BCUT2D eigenvalue weighted by Gasteiger charge is -2.52. The van der Waals surface area contributed by atoms with Crippen LogP contribution >= 0.6 is 24.0 Å². The van der Waals surface area contributed by atoms with Crippen LogP contribution in [0.4, 0.5) is 5.82 Å². The van der Waals surface area contributed by atoms with Crippen LogP contribution in [0.5, 0.6) is 0 Å². The first kappa shape index (κ1) is 14.6. The fourth-order valence-corrected chi connectivity index (χ4v) is 4.65. The molecule has 3 aliphatic heterocycles. The van der Waals surface area contributed by atoms with Crippen molar-refractivity contribution in [3.8, 4) is 0 Å². The summed E-state index contributed by atoms with van der Waals surface area (Å²) in [6.07, 6.45) is 5.26. The molecule has 1 unspecified atom stereocenters. The Hall–Kier alpha value is -0.970. The lowest BCUT2D eigenvalue weighted by molar-refractivity contribution is 0.0202. The molecule has 2 bridgehead atoms. The van der Waals surface area contributed by atoms with Gasteiger partial charge in [-0.05, 0) is 56.8 Å². The van der Waals surface area contributed by atoms with E-state index < -0.39 is 0 Å². The summed E-state index contributed by atoms with van der Waals surface area (Å²) < 4.78 is 5.43. The quantitative estimate of drug-likeness (QED) is 0.899. The van der Waals surface area contributed by atoms with E-state index in [9.17, 15) is 0 Å². The smallest absolute Gasteiger partial charge is 0.177 e. The minimum Gasteiger partial charge on any atom is -0.362 e. The fourth-order valence-electron chi connectivity index (χ4n) is 4.48. The van der Waals surface area contributed by atoms with Gasteiger partial charge in [-0.15, -0.1) is 12.4 Å². The van der Waals surface area contributed by atoms with Crippen molar-refractivity contribution in [3.63, 3.8) is 0 Å². The number of nitrogens with zero attached hydrogens (tertiary/aromatic N) is 2. The first-order chi connectivity index (χ1) is 10.3. The normalized spacial score (nSPS) is 31.2. The Morgan fingerprint density at radius 1 is 1.27 bits per heavy atom. The number of anilines is 1. The molecule has 0 radical (unpaired) electrons. The van der Waals surface area contributed by atoms with Crippen molar-refractivity contribution in [2.45, 2.75) is 37.3 Å². The molecule has 1 N–H and O–H groups in total. The van der Waals surface area contributed by atoms with E-state index in [1.54, 1.807) is 0 Å². The number of halogens is 2. The van der Waals surface area contributed by atoms with Gasteiger partial charge < -0.3 is 9.84 Å². The lowest BCUT2D eigenvalue weighted by atomic mass is 9.77. The van der Waals surface area contributed by atoms with E-state index in [2.05, 4.69) is 15.4 Å². The van der Waals surface area contributed by atoms with Crippen LogP contribution in [0, 0.1) is 5.92 Å². The molecule has 6 heteroatoms. The molecule has 4 heterocycles. The number of benzene rings is 1. The second-order valence-electron chi connectivity index (χ2n) is 6.72. The molecule has 6 rings (SSSR count). The zero-order chi connectivity index (χ0) is 14.0. The number of aromatic nitrogens is 1. The molecule has 1 aromatic heterocycles. The highest BCUT2D eigenvalue weighted by Gasteiger charge is 2.60. The van der Waals surface area contributed by atoms with Crippen molar-refractivity contribution in [2.24, 2.45) is 5.92 Å². The van der Waals surface area contributed by atoms with Crippen molar-refractivity contribution in [1.82, 2.24) is 10.1 Å². The highest BCUT2D eigenvalue weighted by Crippen LogP contribution is 2.54. The Balaban J connectivity index is 0.00000125. The van der Waals surface area contributed by atoms with Gasteiger partial charge in [0.25, 0.3) is 0 Å². The minimum absolute atomic E-state index is 0. The molecule has 1 aliphatic carbocycles. The number of hydrogen-bond acceptors (Lipinski definition) is 4. The van der Waals surface area contributed by atoms with E-state index in [4.69, 9.17) is 16.1 Å². The molecule has 1 atom stereocenters. The van der Waals surface area contributed by atoms with E-state index in [1.807, 2.05) is 18.2 Å². The summed E-state index contributed by atoms with van der Waals surface area (Å²) in [7, 11) is 0. The number of hydrogen-bond donors (Lipinski definition) is 1. The van der Waals surface area contributed by atoms with E-state index in [0.29, 0.717) is 16.6 Å². The predicted octanol–water partition coefficient (Wildman–Crippen LogP) is 3.94. The molecule has 1 spiro atoms. The number of fused-ring (bicyclic) bond motifs is 3. The van der Waals surface area contributed by atoms with Crippen LogP contribution in [-0.2, 0) is 0 Å². The average Bonchev–Trinajstić information content (AvgIpc) is 3.19. The third-order valence-corrected chi connectivity index (χ3v) is 5.94. The first-order valence-electron chi connectivity index (χ1n) is 7.83. The van der Waals surface area contributed by atoms with Gasteiger partial charge >= 0.3 is 0 Å². The number of nitrogens with one attached hydrogen (secondary N) is 1. The Morgan fingerprint density at radius 2 is 2.05 bits per heavy atom. The van der Waals surface area contributed by atoms with Crippen molar-refractivity contribution in [2.75, 3.05) is 18.4 Å². The van der Waals surface area contributed by atoms with Crippen LogP contribution in [0.3, 0.4) is 0 Å². The van der Waals surface area contributed by atoms with Gasteiger partial charge in [0.1, 0.15) is 0 Å². The zero-order valence-corrected chi connectivity index (χ0v) is 13.8. The van der Waals surface area contributed by atoms with Crippen LogP contribution < -0.4 is 5.32 Å². The predicted molar refractivity (Wildman–Crippen MR) is 89.9 cm³/mol. The summed E-state index contributed by atoms with van der Waals surface area (Å²) in [5.41, 5.74) is 1.16. The van der Waals surface area contributed by atoms with Gasteiger partial charge in [-0.25, -0.2) is 0 Å². The largest absolute Gasteiger partial charge is 0.362 e. The summed E-state index contributed by atoms with van der Waals surface area (Å²) in [4.78, 5) is 2.70. The van der Waals surface area contributed by atoms with Gasteiger partial charge in [0.15, 0.2) is 11.4 Å². The number of rotatable bonds is 2. The molecule has 118 valence electrons. The maximum absolute atomic E-state index is 6.01. The summed E-state index contributed by atoms with van der Waals surface area (Å²) >= 11 is 6.01. The molecule has 4 fully saturated rings. The summed E-state index contributed by atoms with van der Waals surface area (Å²) in [5.74, 6) is 1.66. The second-order valence-corrected chi connectivity index (χ2v) is 7.16. The molecule has 1 aromatic carbocycles. The molecular weight excluding hydrogens is 321 g/mol. The Bertz CT molecular complexity index is 704. The average molecular weight is 340 g/mol. The van der Waals surface area contributed by atoms with Crippen LogP contribution in [-0.4, -0.2) is 34.7 Å². The zero-order valence-electron chi connectivity index (χ0n) is 12.2. The van der Waals surface area contributed by atoms with E-state index in [1.165, 1.54) is 38.8 Å². The van der Waals surface area contributed by atoms with E-state index in [-0.39, 0.29) is 12.4 Å². The van der Waals surface area contributed by atoms with Crippen LogP contribution in [0.1, 0.15) is 25.7 Å². The Labute approximate surface area is 140 Å². The van der Waals surface area contributed by atoms with Crippen molar-refractivity contribution in [3.05, 3.63) is 23.2 Å². The standard InChI is InChI=1S/C16H18ClN3O.ClH/c17-11-1-2-12-13(9-11)21-19-15(12)18-14-10-3-7-20(8-4-10)16(14)5-6-16;/h1-2,9-10,14H,3-8H2,(H,18,19);1H. The maximum atomic E-state index is 6.01. The van der Waals surface area contributed by atoms with Gasteiger partial charge in [0.2, 0.25) is 0 Å². The molecule has 1 saturated carbocycles. The van der Waals surface area contributed by atoms with Crippen molar-refractivity contribution < 1.29 is 4.52 Å². The van der Waals surface area contributed by atoms with Crippen molar-refractivity contribution in [1.29, 1.82) is 0 Å². The number of piperidine rings is 3. The lowest BCUT2D eigenvalue weighted by Crippen LogP contribution is -2.62. The van der Waals surface area contributed by atoms with Gasteiger partial charge in [0.05, 0.1) is 5.39 Å². The third-order valence-electron chi connectivity index (χ3n) is 5.71. The minimum atomic E-state index is 0. The molecule has 4 nitrogen and oxygen atoms in total. The monoisotopic (exact) mass is 339 g/mol. The topological polar surface area (TPSA) is 41.3 Å². The summed E-state index contributed by atoms with van der Waals surface area (Å²) in [5, 5.41) is 9.68. The van der Waals surface area contributed by atoms with Crippen molar-refractivity contribution >= 4 is 40.8 Å². The van der Waals surface area contributed by atoms with Gasteiger partial charge in [-0.2, -0.15) is 0 Å². The highest BCUT2D eigenvalue weighted by molar-refractivity contribution is 6.31. The summed E-state index contributed by atoms with van der Waals surface area (Å²) in [6.45, 7) is 2.55. The fraction of sp³-hybridized carbons (Fsp3) is 0.562. The molecule has 22 heavy (non-hydrogen) atoms. The van der Waals surface area contributed by atoms with E-state index >= 15 is 0 Å². The summed E-state index contributed by atoms with van der Waals surface area (Å²) in [6, 6.07) is 6.25. The molecular formula is C16H19Cl2N3O. The van der Waals surface area contributed by atoms with Crippen LogP contribution in [0.2, 0.25) is 5.02 Å². The molecule has 4 aliphatic rings. The highest BCUT2D eigenvalue weighted by atomic mass is 35.5. The van der Waals surface area contributed by atoms with Gasteiger partial charge in [-0.3, -0.25) is 4.90 Å². The SMILES string of the molecule is Cl.Clc1ccc2c(NC3C4CCN(CC4)C34CC4)noc2c1. The molecule has 0 amide bonds. The Kier molecular flexibility index (Phi) is 3.33. The third kappa shape index (κ3) is 1.97. The van der Waals surface area contributed by atoms with E-state index in [0.717, 1.165) is 22.7 Å². The molecule has 3 saturated heterocycles. The van der Waals surface area contributed by atoms with Gasteiger partial charge in [-0.1, -0.05) is 16.8 Å².